The number of rotatable bonds is 65. The minimum Gasteiger partial charge on any atom is -0.462 e. The zero-order valence-corrected chi connectivity index (χ0v) is 64.5. The first-order chi connectivity index (χ1) is 47.9. The van der Waals surface area contributed by atoms with Gasteiger partial charge in [0.1, 0.15) is 54.8 Å². The van der Waals surface area contributed by atoms with E-state index in [-0.39, 0.29) is 19.3 Å². The summed E-state index contributed by atoms with van der Waals surface area (Å²) in [7, 11) is -5.44. The van der Waals surface area contributed by atoms with E-state index in [0.29, 0.717) is 56.8 Å². The smallest absolute Gasteiger partial charge is 0.462 e. The molecule has 2 saturated heterocycles. The number of unbranched alkanes of at least 4 members (excludes halogenated alkanes) is 34. The van der Waals surface area contributed by atoms with E-state index < -0.39 is 131 Å². The Labute approximate surface area is 604 Å². The predicted octanol–water partition coefficient (Wildman–Crippen LogP) is 14.4. The standard InChI is InChI=1S/C77H148N3O19P/c1-8-9-10-11-12-13-14-15-16-23-31-38-45-52-69(87)95-63(51-44-37-30-22-18-20-26-33-40-47-59(4)5)55-67(85)79-71-75(98-80-68(86)54-62(83)50-43-36-29-24-27-34-41-48-60(6)7)73(89)64(56-81)96-76(71)94-57-65-72(88)74(90)70(77(97-65)99-100(91,92)93)78-66(84)53-61(82)49-42-35-28-21-17-19-25-32-39-46-58(2)3/h58-65,70-77,81-83,88-90H,8-57H2,1-7H3,(H,78,84)(H,79,85)(H,80,86)(H2,91,92,93)/t61-,62-,63-,64-,65-,70+,71+,72-,73-,74-,75-,76-,77+/m1/s1. The van der Waals surface area contributed by atoms with Crippen LogP contribution in [0.25, 0.3) is 0 Å². The highest BCUT2D eigenvalue weighted by molar-refractivity contribution is 7.46. The molecule has 590 valence electrons. The van der Waals surface area contributed by atoms with Gasteiger partial charge in [0.2, 0.25) is 17.7 Å². The number of amides is 3. The van der Waals surface area contributed by atoms with E-state index in [4.69, 9.17) is 28.3 Å². The van der Waals surface area contributed by atoms with Crippen molar-refractivity contribution in [2.75, 3.05) is 13.2 Å². The van der Waals surface area contributed by atoms with Crippen LogP contribution in [-0.4, -0.2) is 157 Å². The fourth-order valence-corrected chi connectivity index (χ4v) is 14.0. The zero-order valence-electron chi connectivity index (χ0n) is 63.6. The number of ether oxygens (including phenoxy) is 4. The Kier molecular flexibility index (Phi) is 55.0. The first-order valence-electron chi connectivity index (χ1n) is 40.3. The lowest BCUT2D eigenvalue weighted by Crippen LogP contribution is -2.67. The van der Waals surface area contributed by atoms with Crippen LogP contribution >= 0.6 is 7.82 Å². The Morgan fingerprint density at radius 1 is 0.440 bits per heavy atom. The van der Waals surface area contributed by atoms with Gasteiger partial charge in [-0.25, -0.2) is 10.0 Å². The normalized spacial score (nSPS) is 22.1. The maximum absolute atomic E-state index is 14.5. The highest BCUT2D eigenvalue weighted by Gasteiger charge is 2.51. The number of phosphoric acid groups is 1. The number of carbonyl (C=O) groups is 4. The average Bonchev–Trinajstić information content (AvgIpc) is 0.795. The molecule has 0 aromatic rings. The molecule has 0 spiro atoms. The van der Waals surface area contributed by atoms with Gasteiger partial charge >= 0.3 is 13.8 Å². The second-order valence-electron chi connectivity index (χ2n) is 30.7. The highest BCUT2D eigenvalue weighted by Crippen LogP contribution is 2.41. The van der Waals surface area contributed by atoms with Crippen molar-refractivity contribution in [1.29, 1.82) is 0 Å². The van der Waals surface area contributed by atoms with Crippen molar-refractivity contribution in [3.63, 3.8) is 0 Å². The van der Waals surface area contributed by atoms with Crippen molar-refractivity contribution in [2.45, 2.75) is 436 Å². The lowest BCUT2D eigenvalue weighted by Gasteiger charge is -2.45. The molecule has 0 bridgehead atoms. The maximum atomic E-state index is 14.5. The quantitative estimate of drug-likeness (QED) is 0.0117. The summed E-state index contributed by atoms with van der Waals surface area (Å²) in [6.07, 6.45) is 27.7. The van der Waals surface area contributed by atoms with Crippen LogP contribution in [0.2, 0.25) is 0 Å². The van der Waals surface area contributed by atoms with Crippen LogP contribution in [0.15, 0.2) is 0 Å². The van der Waals surface area contributed by atoms with E-state index in [1.165, 1.54) is 135 Å². The minimum atomic E-state index is -5.44. The number of hydrogen-bond acceptors (Lipinski definition) is 17. The van der Waals surface area contributed by atoms with Crippen LogP contribution in [0.3, 0.4) is 0 Å². The SMILES string of the molecule is CCCCCCCCCCCCCCCC(=O)O[C@H](CCCCCCCCCCCC(C)C)CC(=O)N[C@@H]1[C@H](OC[C@H]2O[C@@H](OP(=O)(O)O)[C@@H](NC(=O)C[C@H](O)CCCCCCCCCCCC(C)C)[C@@H](O)[C@@H]2O)O[C@H](CO)[C@@H](O)[C@@H]1ONC(=O)C[C@H](O)CCCCCCCCCC(C)C. The van der Waals surface area contributed by atoms with Crippen molar-refractivity contribution in [3.05, 3.63) is 0 Å². The number of hydroxylamine groups is 1. The Hall–Kier alpha value is -2.41. The Morgan fingerprint density at radius 2 is 0.810 bits per heavy atom. The Balaban J connectivity index is 2.30. The van der Waals surface area contributed by atoms with E-state index in [1.807, 2.05) is 0 Å². The van der Waals surface area contributed by atoms with Gasteiger partial charge in [-0.15, -0.1) is 0 Å². The second kappa shape index (κ2) is 58.7. The van der Waals surface area contributed by atoms with Gasteiger partial charge in [-0.3, -0.25) is 28.5 Å². The molecule has 13 atom stereocenters. The van der Waals surface area contributed by atoms with E-state index >= 15 is 0 Å². The van der Waals surface area contributed by atoms with Gasteiger partial charge in [-0.2, -0.15) is 0 Å². The summed E-state index contributed by atoms with van der Waals surface area (Å²) in [5.41, 5.74) is 2.30. The molecule has 2 rings (SSSR count). The number of esters is 1. The summed E-state index contributed by atoms with van der Waals surface area (Å²) < 4.78 is 41.4. The first-order valence-corrected chi connectivity index (χ1v) is 41.9. The molecule has 0 radical (unpaired) electrons. The molecule has 2 heterocycles. The number of aliphatic hydroxyl groups is 6. The number of carbonyl (C=O) groups excluding carboxylic acids is 4. The van der Waals surface area contributed by atoms with Crippen molar-refractivity contribution in [2.24, 2.45) is 17.8 Å². The van der Waals surface area contributed by atoms with Crippen LogP contribution < -0.4 is 16.1 Å². The molecular formula is C77H148N3O19P. The van der Waals surface area contributed by atoms with Crippen LogP contribution in [-0.2, 0) is 52.1 Å². The van der Waals surface area contributed by atoms with Crippen LogP contribution in [0, 0.1) is 17.8 Å². The van der Waals surface area contributed by atoms with Crippen molar-refractivity contribution >= 4 is 31.5 Å². The molecule has 2 fully saturated rings. The van der Waals surface area contributed by atoms with Gasteiger partial charge < -0.3 is 70.0 Å². The van der Waals surface area contributed by atoms with Crippen molar-refractivity contribution < 1.29 is 92.5 Å². The van der Waals surface area contributed by atoms with Crippen molar-refractivity contribution in [3.8, 4) is 0 Å². The van der Waals surface area contributed by atoms with Crippen LogP contribution in [0.5, 0.6) is 0 Å². The number of hydrogen-bond donors (Lipinski definition) is 11. The monoisotopic (exact) mass is 1450 g/mol. The van der Waals surface area contributed by atoms with Gasteiger partial charge in [0, 0.05) is 6.42 Å². The highest BCUT2D eigenvalue weighted by atomic mass is 31.2. The maximum Gasteiger partial charge on any atom is 0.472 e. The van der Waals surface area contributed by atoms with Gasteiger partial charge in [-0.05, 0) is 49.9 Å². The van der Waals surface area contributed by atoms with E-state index in [9.17, 15) is 64.2 Å². The summed E-state index contributed by atoms with van der Waals surface area (Å²) in [6, 6.07) is -3.33. The lowest BCUT2D eigenvalue weighted by atomic mass is 9.95. The topological polar surface area (TPSA) is 339 Å². The fourth-order valence-electron chi connectivity index (χ4n) is 13.5. The molecule has 22 nitrogen and oxygen atoms in total. The molecule has 0 unspecified atom stereocenters. The molecule has 0 aliphatic carbocycles. The molecule has 100 heavy (non-hydrogen) atoms. The second-order valence-corrected chi connectivity index (χ2v) is 31.9. The summed E-state index contributed by atoms with van der Waals surface area (Å²) >= 11 is 0. The van der Waals surface area contributed by atoms with Crippen LogP contribution in [0.1, 0.15) is 357 Å². The molecule has 0 aromatic carbocycles. The van der Waals surface area contributed by atoms with Crippen LogP contribution in [0.4, 0.5) is 0 Å². The molecule has 11 N–H and O–H groups in total. The molecule has 2 aliphatic rings. The van der Waals surface area contributed by atoms with Gasteiger partial charge in [-0.1, -0.05) is 299 Å². The molecule has 3 amide bonds. The third-order valence-electron chi connectivity index (χ3n) is 19.7. The van der Waals surface area contributed by atoms with E-state index in [0.717, 1.165) is 109 Å². The fraction of sp³-hybridized carbons (Fsp3) is 0.948. The molecule has 0 saturated carbocycles. The molecule has 2 aliphatic heterocycles. The third kappa shape index (κ3) is 47.9. The van der Waals surface area contributed by atoms with Gasteiger partial charge in [0.15, 0.2) is 12.6 Å². The summed E-state index contributed by atoms with van der Waals surface area (Å²) in [5, 5.41) is 72.4. The van der Waals surface area contributed by atoms with E-state index in [2.05, 4.69) is 64.6 Å². The minimum absolute atomic E-state index is 0.177. The number of phosphoric ester groups is 1. The molecule has 0 aromatic heterocycles. The zero-order chi connectivity index (χ0) is 73.8. The van der Waals surface area contributed by atoms with Crippen molar-refractivity contribution in [1.82, 2.24) is 16.1 Å². The predicted molar refractivity (Wildman–Crippen MR) is 392 cm³/mol. The average molecular weight is 1450 g/mol. The van der Waals surface area contributed by atoms with Gasteiger partial charge in [0.05, 0.1) is 44.7 Å². The Morgan fingerprint density at radius 3 is 1.23 bits per heavy atom. The largest absolute Gasteiger partial charge is 0.472 e. The lowest BCUT2D eigenvalue weighted by molar-refractivity contribution is -0.303. The molecule has 23 heteroatoms. The first kappa shape index (κ1) is 93.7. The number of aliphatic hydroxyl groups excluding tert-OH is 6. The van der Waals surface area contributed by atoms with E-state index in [1.54, 1.807) is 0 Å². The third-order valence-corrected chi connectivity index (χ3v) is 20.1. The summed E-state index contributed by atoms with van der Waals surface area (Å²) in [6.45, 7) is 14.0. The number of nitrogens with one attached hydrogen (secondary N) is 3. The Bertz CT molecular complexity index is 2080. The molecular weight excluding hydrogens is 1300 g/mol. The summed E-state index contributed by atoms with van der Waals surface area (Å²) in [5.74, 6) is -0.593. The summed E-state index contributed by atoms with van der Waals surface area (Å²) in [4.78, 5) is 80.8. The van der Waals surface area contributed by atoms with Gasteiger partial charge in [0.25, 0.3) is 0 Å².